The Bertz CT molecular complexity index is 1050. The fraction of sp³-hybridized carbons (Fsp3) is 0.100. The summed E-state index contributed by atoms with van der Waals surface area (Å²) in [7, 11) is 0. The summed E-state index contributed by atoms with van der Waals surface area (Å²) in [5, 5.41) is 17.1. The quantitative estimate of drug-likeness (QED) is 0.396. The molecule has 0 spiro atoms. The lowest BCUT2D eigenvalue weighted by Crippen LogP contribution is -2.23. The van der Waals surface area contributed by atoms with Gasteiger partial charge in [0.1, 0.15) is 5.76 Å². The molecule has 0 aliphatic carbocycles. The average Bonchev–Trinajstić information content (AvgIpc) is 3.24. The predicted molar refractivity (Wildman–Crippen MR) is 105 cm³/mol. The number of furan rings is 1. The highest BCUT2D eigenvalue weighted by Crippen LogP contribution is 2.23. The molecule has 4 N–H and O–H groups in total. The van der Waals surface area contributed by atoms with Crippen molar-refractivity contribution in [2.24, 2.45) is 5.73 Å². The number of nitrogens with zero attached hydrogens (tertiary/aromatic N) is 1. The second kappa shape index (κ2) is 8.70. The average molecular weight is 394 g/mol. The third-order valence-corrected chi connectivity index (χ3v) is 4.21. The van der Waals surface area contributed by atoms with Crippen molar-refractivity contribution in [2.45, 2.75) is 13.1 Å². The third kappa shape index (κ3) is 4.78. The molecule has 1 aromatic heterocycles. The minimum Gasteiger partial charge on any atom is -0.467 e. The second-order valence-corrected chi connectivity index (χ2v) is 6.13. The Morgan fingerprint density at radius 2 is 1.86 bits per heavy atom. The molecule has 2 aromatic carbocycles. The molecule has 9 heteroatoms. The summed E-state index contributed by atoms with van der Waals surface area (Å²) < 4.78 is 5.19. The number of nitro benzene ring substituents is 1. The number of anilines is 1. The van der Waals surface area contributed by atoms with Gasteiger partial charge in [-0.05, 0) is 36.4 Å². The molecule has 29 heavy (non-hydrogen) atoms. The van der Waals surface area contributed by atoms with Crippen molar-refractivity contribution in [3.63, 3.8) is 0 Å². The van der Waals surface area contributed by atoms with Crippen LogP contribution in [0.15, 0.2) is 65.3 Å². The number of rotatable bonds is 8. The van der Waals surface area contributed by atoms with E-state index in [9.17, 15) is 19.7 Å². The first-order chi connectivity index (χ1) is 14.0. The summed E-state index contributed by atoms with van der Waals surface area (Å²) in [5.74, 6) is -0.441. The van der Waals surface area contributed by atoms with Crippen LogP contribution >= 0.6 is 0 Å². The number of carbonyl (C=O) groups excluding carboxylic acids is 2. The minimum atomic E-state index is -0.744. The zero-order chi connectivity index (χ0) is 20.8. The number of hydrogen-bond donors (Lipinski definition) is 3. The van der Waals surface area contributed by atoms with Crippen molar-refractivity contribution in [3.8, 4) is 0 Å². The molecular formula is C20H18N4O5. The number of hydrogen-bond acceptors (Lipinski definition) is 6. The monoisotopic (exact) mass is 394 g/mol. The molecule has 148 valence electrons. The van der Waals surface area contributed by atoms with Gasteiger partial charge in [0.2, 0.25) is 5.91 Å². The molecule has 0 unspecified atom stereocenters. The minimum absolute atomic E-state index is 0.0538. The number of benzene rings is 2. The lowest BCUT2D eigenvalue weighted by molar-refractivity contribution is -0.385. The molecule has 0 atom stereocenters. The predicted octanol–water partition coefficient (Wildman–Crippen LogP) is 2.83. The van der Waals surface area contributed by atoms with Crippen molar-refractivity contribution < 1.29 is 18.9 Å². The Hall–Kier alpha value is -4.14. The normalized spacial score (nSPS) is 10.3. The second-order valence-electron chi connectivity index (χ2n) is 6.13. The summed E-state index contributed by atoms with van der Waals surface area (Å²) in [6, 6.07) is 14.3. The number of carbonyl (C=O) groups is 2. The zero-order valence-electron chi connectivity index (χ0n) is 15.3. The number of nitrogens with two attached hydrogens (primary N) is 1. The fourth-order valence-corrected chi connectivity index (χ4v) is 2.74. The first kappa shape index (κ1) is 19.6. The van der Waals surface area contributed by atoms with E-state index in [4.69, 9.17) is 10.2 Å². The molecule has 0 bridgehead atoms. The van der Waals surface area contributed by atoms with Gasteiger partial charge in [-0.3, -0.25) is 19.7 Å². The van der Waals surface area contributed by atoms with E-state index >= 15 is 0 Å². The highest BCUT2D eigenvalue weighted by molar-refractivity contribution is 5.99. The number of para-hydroxylation sites is 1. The van der Waals surface area contributed by atoms with Crippen LogP contribution in [-0.4, -0.2) is 16.7 Å². The Kier molecular flexibility index (Phi) is 5.88. The van der Waals surface area contributed by atoms with Gasteiger partial charge in [-0.15, -0.1) is 0 Å². The van der Waals surface area contributed by atoms with E-state index in [1.165, 1.54) is 18.4 Å². The van der Waals surface area contributed by atoms with Gasteiger partial charge in [0.05, 0.1) is 23.3 Å². The summed E-state index contributed by atoms with van der Waals surface area (Å²) in [4.78, 5) is 34.5. The molecule has 0 fully saturated rings. The maximum Gasteiger partial charge on any atom is 0.275 e. The lowest BCUT2D eigenvalue weighted by Gasteiger charge is -2.12. The summed E-state index contributed by atoms with van der Waals surface area (Å²) in [6.07, 6.45) is 1.52. The van der Waals surface area contributed by atoms with E-state index < -0.39 is 10.8 Å². The first-order valence-electron chi connectivity index (χ1n) is 8.66. The Morgan fingerprint density at radius 3 is 2.55 bits per heavy atom. The summed E-state index contributed by atoms with van der Waals surface area (Å²) in [6.45, 7) is 0.318. The van der Waals surface area contributed by atoms with E-state index in [1.807, 2.05) is 0 Å². The van der Waals surface area contributed by atoms with Crippen LogP contribution in [0.3, 0.4) is 0 Å². The topological polar surface area (TPSA) is 140 Å². The van der Waals surface area contributed by atoms with Crippen molar-refractivity contribution in [1.82, 2.24) is 5.32 Å². The van der Waals surface area contributed by atoms with Gasteiger partial charge in [-0.2, -0.15) is 0 Å². The Morgan fingerprint density at radius 1 is 1.07 bits per heavy atom. The molecule has 1 heterocycles. The van der Waals surface area contributed by atoms with Crippen LogP contribution in [-0.2, 0) is 13.1 Å². The lowest BCUT2D eigenvalue weighted by atomic mass is 10.1. The maximum absolute atomic E-state index is 12.5. The van der Waals surface area contributed by atoms with Gasteiger partial charge in [-0.1, -0.05) is 12.1 Å². The molecule has 3 rings (SSSR count). The van der Waals surface area contributed by atoms with Crippen LogP contribution in [0.4, 0.5) is 11.4 Å². The van der Waals surface area contributed by atoms with Crippen LogP contribution in [0, 0.1) is 10.1 Å². The molecule has 0 saturated heterocycles. The molecular weight excluding hydrogens is 376 g/mol. The van der Waals surface area contributed by atoms with Crippen molar-refractivity contribution >= 4 is 23.2 Å². The van der Waals surface area contributed by atoms with E-state index in [-0.39, 0.29) is 30.2 Å². The molecule has 3 aromatic rings. The number of primary amides is 1. The smallest absolute Gasteiger partial charge is 0.275 e. The van der Waals surface area contributed by atoms with E-state index in [1.54, 1.807) is 36.4 Å². The Balaban J connectivity index is 1.75. The van der Waals surface area contributed by atoms with Gasteiger partial charge in [0.15, 0.2) is 0 Å². The van der Waals surface area contributed by atoms with Crippen LogP contribution < -0.4 is 16.4 Å². The molecule has 2 amide bonds. The molecule has 0 saturated carbocycles. The molecule has 9 nitrogen and oxygen atoms in total. The van der Waals surface area contributed by atoms with E-state index in [2.05, 4.69) is 10.6 Å². The van der Waals surface area contributed by atoms with Gasteiger partial charge in [0.25, 0.3) is 11.6 Å². The van der Waals surface area contributed by atoms with Crippen LogP contribution in [0.2, 0.25) is 0 Å². The van der Waals surface area contributed by atoms with E-state index in [0.717, 1.165) is 6.07 Å². The SMILES string of the molecule is NC(=O)c1ccc(CNc2ccccc2C(=O)NCc2ccco2)c([N+](=O)[O-])c1. The number of amides is 2. The fourth-order valence-electron chi connectivity index (χ4n) is 2.74. The zero-order valence-corrected chi connectivity index (χ0v) is 15.3. The van der Waals surface area contributed by atoms with Gasteiger partial charge in [-0.25, -0.2) is 0 Å². The maximum atomic E-state index is 12.5. The Labute approximate surface area is 165 Å². The highest BCUT2D eigenvalue weighted by atomic mass is 16.6. The third-order valence-electron chi connectivity index (χ3n) is 4.21. The van der Waals surface area contributed by atoms with Gasteiger partial charge in [0, 0.05) is 29.4 Å². The van der Waals surface area contributed by atoms with Crippen molar-refractivity contribution in [1.29, 1.82) is 0 Å². The van der Waals surface area contributed by atoms with Crippen LogP contribution in [0.1, 0.15) is 32.0 Å². The summed E-state index contributed by atoms with van der Waals surface area (Å²) >= 11 is 0. The largest absolute Gasteiger partial charge is 0.467 e. The highest BCUT2D eigenvalue weighted by Gasteiger charge is 2.17. The molecule has 0 aliphatic heterocycles. The van der Waals surface area contributed by atoms with Gasteiger partial charge < -0.3 is 20.8 Å². The number of nitrogens with one attached hydrogen (secondary N) is 2. The van der Waals surface area contributed by atoms with Crippen molar-refractivity contribution in [3.05, 3.63) is 93.4 Å². The first-order valence-corrected chi connectivity index (χ1v) is 8.66. The van der Waals surface area contributed by atoms with E-state index in [0.29, 0.717) is 22.6 Å². The standard InChI is InChI=1S/C20H18N4O5/c21-19(25)13-7-8-14(18(10-13)24(27)28)11-22-17-6-2-1-5-16(17)20(26)23-12-15-4-3-9-29-15/h1-10,22H,11-12H2,(H2,21,25)(H,23,26). The van der Waals surface area contributed by atoms with Crippen LogP contribution in [0.5, 0.6) is 0 Å². The van der Waals surface area contributed by atoms with Crippen molar-refractivity contribution in [2.75, 3.05) is 5.32 Å². The number of nitro groups is 1. The molecule has 0 radical (unpaired) electrons. The summed E-state index contributed by atoms with van der Waals surface area (Å²) in [5.41, 5.74) is 6.26. The molecule has 0 aliphatic rings. The van der Waals surface area contributed by atoms with Gasteiger partial charge >= 0.3 is 0 Å². The van der Waals surface area contributed by atoms with Crippen LogP contribution in [0.25, 0.3) is 0 Å².